The Kier molecular flexibility index (Phi) is 4.70. The van der Waals surface area contributed by atoms with Crippen molar-refractivity contribution in [2.24, 2.45) is 0 Å². The van der Waals surface area contributed by atoms with Crippen molar-refractivity contribution in [3.05, 3.63) is 58.6 Å². The maximum Gasteiger partial charge on any atom is 0.0417 e. The molecule has 0 fully saturated rings. The van der Waals surface area contributed by atoms with E-state index in [2.05, 4.69) is 42.6 Å². The number of rotatable bonds is 4. The molecule has 94 valence electrons. The summed E-state index contributed by atoms with van der Waals surface area (Å²) >= 11 is 7.84. The monoisotopic (exact) mass is 277 g/mol. The van der Waals surface area contributed by atoms with Gasteiger partial charge >= 0.3 is 0 Å². The molecule has 0 heterocycles. The van der Waals surface area contributed by atoms with Gasteiger partial charge in [0.05, 0.1) is 0 Å². The summed E-state index contributed by atoms with van der Waals surface area (Å²) in [4.78, 5) is 2.46. The lowest BCUT2D eigenvalue weighted by Gasteiger charge is -2.10. The van der Waals surface area contributed by atoms with Crippen molar-refractivity contribution in [2.45, 2.75) is 23.3 Å². The zero-order valence-electron chi connectivity index (χ0n) is 10.5. The second-order valence-electron chi connectivity index (χ2n) is 4.20. The number of halogens is 1. The second-order valence-corrected chi connectivity index (χ2v) is 5.75. The van der Waals surface area contributed by atoms with Crippen molar-refractivity contribution >= 4 is 23.4 Å². The predicted molar refractivity (Wildman–Crippen MR) is 79.5 cm³/mol. The van der Waals surface area contributed by atoms with Crippen LogP contribution in [0, 0.1) is 6.92 Å². The molecule has 1 N–H and O–H groups in total. The largest absolute Gasteiger partial charge is 0.316 e. The SMILES string of the molecule is CNCc1ccc(Cl)cc1Sc1cccc(C)c1. The number of hydrogen-bond acceptors (Lipinski definition) is 2. The van der Waals surface area contributed by atoms with E-state index in [0.717, 1.165) is 11.6 Å². The third-order valence-electron chi connectivity index (χ3n) is 2.61. The minimum absolute atomic E-state index is 0.782. The molecule has 0 spiro atoms. The molecule has 0 radical (unpaired) electrons. The smallest absolute Gasteiger partial charge is 0.0417 e. The Bertz CT molecular complexity index is 540. The van der Waals surface area contributed by atoms with Crippen LogP contribution in [0.3, 0.4) is 0 Å². The molecular formula is C15H16ClNS. The average molecular weight is 278 g/mol. The van der Waals surface area contributed by atoms with E-state index in [1.807, 2.05) is 19.2 Å². The Morgan fingerprint density at radius 1 is 1.17 bits per heavy atom. The molecule has 2 aromatic carbocycles. The summed E-state index contributed by atoms with van der Waals surface area (Å²) in [6.45, 7) is 2.96. The first-order valence-electron chi connectivity index (χ1n) is 5.86. The summed E-state index contributed by atoms with van der Waals surface area (Å²) in [7, 11) is 1.95. The number of aryl methyl sites for hydroxylation is 1. The Labute approximate surface area is 118 Å². The molecule has 0 bridgehead atoms. The summed E-state index contributed by atoms with van der Waals surface area (Å²) in [5.74, 6) is 0. The van der Waals surface area contributed by atoms with Crippen LogP contribution in [0.1, 0.15) is 11.1 Å². The molecule has 0 unspecified atom stereocenters. The minimum atomic E-state index is 0.782. The number of benzene rings is 2. The van der Waals surface area contributed by atoms with Crippen LogP contribution in [0.15, 0.2) is 52.3 Å². The summed E-state index contributed by atoms with van der Waals surface area (Å²) < 4.78 is 0. The summed E-state index contributed by atoms with van der Waals surface area (Å²) in [6.07, 6.45) is 0. The van der Waals surface area contributed by atoms with Gasteiger partial charge in [0.2, 0.25) is 0 Å². The van der Waals surface area contributed by atoms with E-state index < -0.39 is 0 Å². The first-order chi connectivity index (χ1) is 8.69. The lowest BCUT2D eigenvalue weighted by atomic mass is 10.2. The highest BCUT2D eigenvalue weighted by molar-refractivity contribution is 7.99. The Morgan fingerprint density at radius 2 is 2.00 bits per heavy atom. The third kappa shape index (κ3) is 3.52. The van der Waals surface area contributed by atoms with Crippen molar-refractivity contribution in [3.8, 4) is 0 Å². The van der Waals surface area contributed by atoms with Gasteiger partial charge in [0, 0.05) is 21.4 Å². The van der Waals surface area contributed by atoms with Crippen LogP contribution in [0.5, 0.6) is 0 Å². The lowest BCUT2D eigenvalue weighted by molar-refractivity contribution is 0.803. The summed E-state index contributed by atoms with van der Waals surface area (Å²) in [5.41, 5.74) is 2.55. The molecule has 0 saturated heterocycles. The highest BCUT2D eigenvalue weighted by Gasteiger charge is 2.05. The molecule has 0 aliphatic carbocycles. The van der Waals surface area contributed by atoms with Crippen molar-refractivity contribution in [2.75, 3.05) is 7.05 Å². The van der Waals surface area contributed by atoms with Gasteiger partial charge in [-0.15, -0.1) is 0 Å². The van der Waals surface area contributed by atoms with E-state index in [9.17, 15) is 0 Å². The predicted octanol–water partition coefficient (Wildman–Crippen LogP) is 4.52. The molecule has 0 aromatic heterocycles. The normalized spacial score (nSPS) is 10.6. The quantitative estimate of drug-likeness (QED) is 0.882. The van der Waals surface area contributed by atoms with E-state index in [0.29, 0.717) is 0 Å². The van der Waals surface area contributed by atoms with Crippen molar-refractivity contribution in [1.29, 1.82) is 0 Å². The fourth-order valence-electron chi connectivity index (χ4n) is 1.77. The number of hydrogen-bond donors (Lipinski definition) is 1. The van der Waals surface area contributed by atoms with Gasteiger partial charge in [-0.2, -0.15) is 0 Å². The molecule has 0 atom stereocenters. The topological polar surface area (TPSA) is 12.0 Å². The van der Waals surface area contributed by atoms with Crippen LogP contribution in [0.25, 0.3) is 0 Å². The fourth-order valence-corrected chi connectivity index (χ4v) is 3.11. The lowest BCUT2D eigenvalue weighted by Crippen LogP contribution is -2.05. The van der Waals surface area contributed by atoms with E-state index >= 15 is 0 Å². The third-order valence-corrected chi connectivity index (χ3v) is 3.94. The van der Waals surface area contributed by atoms with Crippen molar-refractivity contribution < 1.29 is 0 Å². The Morgan fingerprint density at radius 3 is 2.72 bits per heavy atom. The first kappa shape index (κ1) is 13.5. The molecule has 2 rings (SSSR count). The zero-order valence-corrected chi connectivity index (χ0v) is 12.1. The molecule has 0 aliphatic rings. The Hall–Kier alpha value is -0.960. The van der Waals surface area contributed by atoms with E-state index in [1.54, 1.807) is 11.8 Å². The standard InChI is InChI=1S/C15H16ClNS/c1-11-4-3-5-14(8-11)18-15-9-13(16)7-6-12(15)10-17-2/h3-9,17H,10H2,1-2H3. The van der Waals surface area contributed by atoms with Crippen molar-refractivity contribution in [3.63, 3.8) is 0 Å². The van der Waals surface area contributed by atoms with Gasteiger partial charge in [-0.05, 0) is 43.8 Å². The highest BCUT2D eigenvalue weighted by atomic mass is 35.5. The van der Waals surface area contributed by atoms with Crippen LogP contribution in [0.4, 0.5) is 0 Å². The maximum absolute atomic E-state index is 6.08. The molecule has 2 aromatic rings. The van der Waals surface area contributed by atoms with E-state index in [-0.39, 0.29) is 0 Å². The summed E-state index contributed by atoms with van der Waals surface area (Å²) in [5, 5.41) is 3.97. The fraction of sp³-hybridized carbons (Fsp3) is 0.200. The van der Waals surface area contributed by atoms with Crippen LogP contribution < -0.4 is 5.32 Å². The highest BCUT2D eigenvalue weighted by Crippen LogP contribution is 2.32. The zero-order chi connectivity index (χ0) is 13.0. The van der Waals surface area contributed by atoms with Crippen LogP contribution in [0.2, 0.25) is 5.02 Å². The molecule has 0 aliphatic heterocycles. The van der Waals surface area contributed by atoms with Gasteiger partial charge in [0.1, 0.15) is 0 Å². The van der Waals surface area contributed by atoms with Gasteiger partial charge in [-0.3, -0.25) is 0 Å². The molecule has 3 heteroatoms. The van der Waals surface area contributed by atoms with Crippen molar-refractivity contribution in [1.82, 2.24) is 5.32 Å². The molecule has 0 saturated carbocycles. The van der Waals surface area contributed by atoms with Crippen LogP contribution in [-0.2, 0) is 6.54 Å². The van der Waals surface area contributed by atoms with Gasteiger partial charge in [0.25, 0.3) is 0 Å². The first-order valence-corrected chi connectivity index (χ1v) is 7.06. The average Bonchev–Trinajstić information content (AvgIpc) is 2.33. The molecule has 18 heavy (non-hydrogen) atoms. The van der Waals surface area contributed by atoms with Crippen LogP contribution in [-0.4, -0.2) is 7.05 Å². The number of nitrogens with one attached hydrogen (secondary N) is 1. The molecule has 1 nitrogen and oxygen atoms in total. The van der Waals surface area contributed by atoms with Gasteiger partial charge < -0.3 is 5.32 Å². The van der Waals surface area contributed by atoms with Gasteiger partial charge in [-0.1, -0.05) is 47.1 Å². The van der Waals surface area contributed by atoms with E-state index in [1.165, 1.54) is 20.9 Å². The van der Waals surface area contributed by atoms with E-state index in [4.69, 9.17) is 11.6 Å². The maximum atomic E-state index is 6.08. The van der Waals surface area contributed by atoms with Gasteiger partial charge in [-0.25, -0.2) is 0 Å². The minimum Gasteiger partial charge on any atom is -0.316 e. The van der Waals surface area contributed by atoms with Gasteiger partial charge in [0.15, 0.2) is 0 Å². The van der Waals surface area contributed by atoms with Crippen LogP contribution >= 0.6 is 23.4 Å². The second kappa shape index (κ2) is 6.28. The Balaban J connectivity index is 2.29. The molecule has 0 amide bonds. The molecular weight excluding hydrogens is 262 g/mol. The summed E-state index contributed by atoms with van der Waals surface area (Å²) in [6, 6.07) is 14.6.